The normalized spacial score (nSPS) is 14.2. The number of ketones is 2. The van der Waals surface area contributed by atoms with Gasteiger partial charge in [-0.1, -0.05) is 24.3 Å². The van der Waals surface area contributed by atoms with E-state index >= 15 is 0 Å². The summed E-state index contributed by atoms with van der Waals surface area (Å²) in [5, 5.41) is 6.58. The van der Waals surface area contributed by atoms with Crippen LogP contribution in [-0.2, 0) is 4.79 Å². The number of hydrogen-bond acceptors (Lipinski definition) is 3. The molecule has 1 aliphatic rings. The molecule has 0 unspecified atom stereocenters. The molecule has 0 bridgehead atoms. The van der Waals surface area contributed by atoms with Crippen LogP contribution >= 0.6 is 0 Å². The predicted octanol–water partition coefficient (Wildman–Crippen LogP) is 4.21. The molecular weight excluding hydrogens is 310 g/mol. The molecule has 0 radical (unpaired) electrons. The lowest BCUT2D eigenvalue weighted by molar-refractivity contribution is -0.111. The van der Waals surface area contributed by atoms with E-state index in [1.165, 1.54) is 10.8 Å². The topological polar surface area (TPSA) is 60.2 Å². The monoisotopic (exact) mass is 323 g/mol. The molecule has 3 heteroatoms. The van der Waals surface area contributed by atoms with E-state index in [0.29, 0.717) is 11.1 Å². The van der Waals surface area contributed by atoms with Gasteiger partial charge in [0.25, 0.3) is 0 Å². The van der Waals surface area contributed by atoms with Crippen molar-refractivity contribution in [1.29, 1.82) is 0 Å². The first-order chi connectivity index (χ1) is 12.1. The van der Waals surface area contributed by atoms with Crippen LogP contribution in [0.25, 0.3) is 38.4 Å². The summed E-state index contributed by atoms with van der Waals surface area (Å²) in [6, 6.07) is 20.4. The molecule has 0 atom stereocenters. The number of rotatable bonds is 0. The van der Waals surface area contributed by atoms with Crippen molar-refractivity contribution in [2.45, 2.75) is 0 Å². The highest BCUT2D eigenvalue weighted by molar-refractivity contribution is 6.51. The zero-order valence-electron chi connectivity index (χ0n) is 13.2. The van der Waals surface area contributed by atoms with E-state index in [1.807, 2.05) is 18.2 Å². The van der Waals surface area contributed by atoms with Crippen LogP contribution in [0.4, 0.5) is 0 Å². The fourth-order valence-electron chi connectivity index (χ4n) is 3.56. The lowest BCUT2D eigenvalue weighted by atomic mass is 9.89. The van der Waals surface area contributed by atoms with Crippen LogP contribution in [0.1, 0.15) is 15.9 Å². The fourth-order valence-corrected chi connectivity index (χ4v) is 3.56. The van der Waals surface area contributed by atoms with Gasteiger partial charge in [0.2, 0.25) is 11.6 Å². The number of nitrogens with two attached hydrogens (primary N) is 1. The molecule has 5 rings (SSSR count). The quantitative estimate of drug-likeness (QED) is 0.389. The molecule has 2 N–H and O–H groups in total. The molecule has 1 aliphatic carbocycles. The summed E-state index contributed by atoms with van der Waals surface area (Å²) < 4.78 is 0. The minimum absolute atomic E-state index is 0.00336. The molecule has 0 aliphatic heterocycles. The van der Waals surface area contributed by atoms with Crippen LogP contribution in [0.5, 0.6) is 0 Å². The number of carbonyl (C=O) groups excluding carboxylic acids is 2. The van der Waals surface area contributed by atoms with Crippen LogP contribution in [0.15, 0.2) is 66.4 Å². The Hall–Kier alpha value is -3.46. The first kappa shape index (κ1) is 13.9. The second-order valence-corrected chi connectivity index (χ2v) is 6.44. The summed E-state index contributed by atoms with van der Waals surface area (Å²) in [6.07, 6.45) is 1.59. The first-order valence-electron chi connectivity index (χ1n) is 8.07. The van der Waals surface area contributed by atoms with Crippen molar-refractivity contribution < 1.29 is 9.59 Å². The van der Waals surface area contributed by atoms with Crippen LogP contribution < -0.4 is 5.73 Å². The Morgan fingerprint density at radius 1 is 0.600 bits per heavy atom. The lowest BCUT2D eigenvalue weighted by Crippen LogP contribution is -2.25. The third-order valence-electron chi connectivity index (χ3n) is 4.85. The SMILES string of the molecule is NC1=Cc2cc3cc4cc5ccccc5cc4cc3cc2C(=O)C1=O. The van der Waals surface area contributed by atoms with E-state index in [0.717, 1.165) is 21.5 Å². The summed E-state index contributed by atoms with van der Waals surface area (Å²) in [6.45, 7) is 0. The molecule has 3 nitrogen and oxygen atoms in total. The lowest BCUT2D eigenvalue weighted by Gasteiger charge is -2.13. The molecular formula is C22H13NO2. The smallest absolute Gasteiger partial charge is 0.249 e. The standard InChI is InChI=1S/C22H13NO2/c23-20-11-18-9-16-7-14-5-12-3-1-2-4-13(12)6-15(14)8-17(16)10-19(18)21(24)22(20)25/h1-11H,23H2. The van der Waals surface area contributed by atoms with Crippen molar-refractivity contribution >= 4 is 50.0 Å². The minimum Gasteiger partial charge on any atom is -0.395 e. The fraction of sp³-hybridized carbons (Fsp3) is 0. The molecule has 0 amide bonds. The summed E-state index contributed by atoms with van der Waals surface area (Å²) in [5.41, 5.74) is 6.80. The predicted molar refractivity (Wildman–Crippen MR) is 100 cm³/mol. The van der Waals surface area contributed by atoms with Gasteiger partial charge in [0.15, 0.2) is 0 Å². The largest absolute Gasteiger partial charge is 0.395 e. The molecule has 4 aromatic rings. The van der Waals surface area contributed by atoms with E-state index in [4.69, 9.17) is 5.73 Å². The zero-order chi connectivity index (χ0) is 17.1. The third kappa shape index (κ3) is 1.99. The van der Waals surface area contributed by atoms with Crippen LogP contribution in [-0.4, -0.2) is 11.6 Å². The van der Waals surface area contributed by atoms with Gasteiger partial charge in [-0.3, -0.25) is 9.59 Å². The number of Topliss-reactive ketones (excluding diaryl/α,β-unsaturated/α-hetero) is 2. The van der Waals surface area contributed by atoms with Crippen molar-refractivity contribution in [2.75, 3.05) is 0 Å². The van der Waals surface area contributed by atoms with E-state index < -0.39 is 11.6 Å². The van der Waals surface area contributed by atoms with Crippen molar-refractivity contribution in [2.24, 2.45) is 5.73 Å². The summed E-state index contributed by atoms with van der Waals surface area (Å²) in [7, 11) is 0. The molecule has 118 valence electrons. The van der Waals surface area contributed by atoms with Gasteiger partial charge in [0.05, 0.1) is 5.70 Å². The Bertz CT molecular complexity index is 1280. The molecule has 0 aromatic heterocycles. The maximum Gasteiger partial charge on any atom is 0.249 e. The average Bonchev–Trinajstić information content (AvgIpc) is 2.62. The second kappa shape index (κ2) is 4.77. The molecule has 0 saturated carbocycles. The van der Waals surface area contributed by atoms with Gasteiger partial charge in [0, 0.05) is 5.56 Å². The highest BCUT2D eigenvalue weighted by atomic mass is 16.2. The van der Waals surface area contributed by atoms with Gasteiger partial charge in [0.1, 0.15) is 0 Å². The summed E-state index contributed by atoms with van der Waals surface area (Å²) in [4.78, 5) is 24.1. The van der Waals surface area contributed by atoms with Gasteiger partial charge in [-0.15, -0.1) is 0 Å². The number of carbonyl (C=O) groups is 2. The van der Waals surface area contributed by atoms with Crippen molar-refractivity contribution in [1.82, 2.24) is 0 Å². The molecule has 0 saturated heterocycles. The van der Waals surface area contributed by atoms with E-state index in [1.54, 1.807) is 12.1 Å². The highest BCUT2D eigenvalue weighted by Gasteiger charge is 2.26. The second-order valence-electron chi connectivity index (χ2n) is 6.44. The van der Waals surface area contributed by atoms with Gasteiger partial charge in [-0.05, 0) is 80.4 Å². The first-order valence-corrected chi connectivity index (χ1v) is 8.07. The number of hydrogen-bond donors (Lipinski definition) is 1. The Kier molecular flexibility index (Phi) is 2.66. The number of allylic oxidation sites excluding steroid dienone is 1. The van der Waals surface area contributed by atoms with E-state index in [2.05, 4.69) is 36.4 Å². The minimum atomic E-state index is -0.626. The van der Waals surface area contributed by atoms with Crippen LogP contribution in [0, 0.1) is 0 Å². The number of benzene rings is 4. The van der Waals surface area contributed by atoms with Crippen molar-refractivity contribution in [3.05, 3.63) is 77.5 Å². The molecule has 0 heterocycles. The molecule has 4 aromatic carbocycles. The van der Waals surface area contributed by atoms with Crippen LogP contribution in [0.2, 0.25) is 0 Å². The summed E-state index contributed by atoms with van der Waals surface area (Å²) in [5.74, 6) is -1.16. The van der Waals surface area contributed by atoms with E-state index in [-0.39, 0.29) is 5.70 Å². The molecule has 0 fully saturated rings. The Morgan fingerprint density at radius 3 is 1.76 bits per heavy atom. The van der Waals surface area contributed by atoms with Gasteiger partial charge >= 0.3 is 0 Å². The van der Waals surface area contributed by atoms with Crippen LogP contribution in [0.3, 0.4) is 0 Å². The van der Waals surface area contributed by atoms with Gasteiger partial charge < -0.3 is 5.73 Å². The van der Waals surface area contributed by atoms with Crippen molar-refractivity contribution in [3.8, 4) is 0 Å². The highest BCUT2D eigenvalue weighted by Crippen LogP contribution is 2.31. The summed E-state index contributed by atoms with van der Waals surface area (Å²) >= 11 is 0. The maximum absolute atomic E-state index is 12.2. The Morgan fingerprint density at radius 2 is 1.12 bits per heavy atom. The Balaban J connectivity index is 1.85. The van der Waals surface area contributed by atoms with Gasteiger partial charge in [-0.2, -0.15) is 0 Å². The molecule has 25 heavy (non-hydrogen) atoms. The average molecular weight is 323 g/mol. The number of fused-ring (bicyclic) bond motifs is 4. The van der Waals surface area contributed by atoms with Crippen molar-refractivity contribution in [3.63, 3.8) is 0 Å². The zero-order valence-corrected chi connectivity index (χ0v) is 13.2. The Labute approximate surface area is 143 Å². The third-order valence-corrected chi connectivity index (χ3v) is 4.85. The van der Waals surface area contributed by atoms with E-state index in [9.17, 15) is 9.59 Å². The maximum atomic E-state index is 12.2. The molecule has 0 spiro atoms. The van der Waals surface area contributed by atoms with Gasteiger partial charge in [-0.25, -0.2) is 0 Å².